The van der Waals surface area contributed by atoms with Crippen LogP contribution in [0.2, 0.25) is 0 Å². The van der Waals surface area contributed by atoms with Crippen LogP contribution >= 0.6 is 0 Å². The molecule has 4 rings (SSSR count). The van der Waals surface area contributed by atoms with Gasteiger partial charge in [0.2, 0.25) is 0 Å². The predicted molar refractivity (Wildman–Crippen MR) is 147 cm³/mol. The highest BCUT2D eigenvalue weighted by Crippen LogP contribution is 2.33. The lowest BCUT2D eigenvalue weighted by atomic mass is 9.99. The Kier molecular flexibility index (Phi) is 7.36. The number of nitrogens with zero attached hydrogens (tertiary/aromatic N) is 4. The van der Waals surface area contributed by atoms with E-state index in [2.05, 4.69) is 4.98 Å². The van der Waals surface area contributed by atoms with Crippen molar-refractivity contribution in [2.45, 2.75) is 72.4 Å². The maximum atomic E-state index is 11.7. The van der Waals surface area contributed by atoms with Crippen molar-refractivity contribution >= 4 is 33.8 Å². The first-order chi connectivity index (χ1) is 17.8. The Bertz CT molecular complexity index is 1480. The molecule has 0 fully saturated rings. The fourth-order valence-corrected chi connectivity index (χ4v) is 4.61. The van der Waals surface area contributed by atoms with Gasteiger partial charge in [0.15, 0.2) is 5.82 Å². The molecule has 0 aliphatic carbocycles. The van der Waals surface area contributed by atoms with Crippen LogP contribution in [0.1, 0.15) is 52.9 Å². The van der Waals surface area contributed by atoms with Crippen LogP contribution in [0.3, 0.4) is 0 Å². The largest absolute Gasteiger partial charge is 0.530 e. The van der Waals surface area contributed by atoms with Gasteiger partial charge in [0, 0.05) is 24.1 Å². The average molecular weight is 519 g/mol. The van der Waals surface area contributed by atoms with E-state index in [4.69, 9.17) is 15.5 Å². The highest BCUT2D eigenvalue weighted by Gasteiger charge is 2.23. The zero-order valence-electron chi connectivity index (χ0n) is 22.9. The van der Waals surface area contributed by atoms with Crippen LogP contribution in [0.15, 0.2) is 42.5 Å². The Labute approximate surface area is 222 Å². The summed E-state index contributed by atoms with van der Waals surface area (Å²) in [4.78, 5) is 22.4. The lowest BCUT2D eigenvalue weighted by Gasteiger charge is -2.38. The van der Waals surface area contributed by atoms with Gasteiger partial charge in [-0.1, -0.05) is 30.3 Å². The third-order valence-electron chi connectivity index (χ3n) is 6.39. The zero-order valence-corrected chi connectivity index (χ0v) is 22.9. The number of carbonyl (C=O) groups is 1. The molecule has 2 aromatic heterocycles. The SMILES string of the molecule is CCOCc1nc2c(N)nc3cc(-c4cccc(CN(C(=O)[O-])C(C)(C)C)c4)ccc3c2n1CC(C)(C)O. The van der Waals surface area contributed by atoms with Crippen molar-refractivity contribution in [2.75, 3.05) is 12.3 Å². The fourth-order valence-electron chi connectivity index (χ4n) is 4.61. The maximum Gasteiger partial charge on any atom is 0.152 e. The molecule has 1 amide bonds. The van der Waals surface area contributed by atoms with Gasteiger partial charge in [0.05, 0.1) is 23.2 Å². The first-order valence-electron chi connectivity index (χ1n) is 12.7. The summed E-state index contributed by atoms with van der Waals surface area (Å²) in [6, 6.07) is 13.7. The molecule has 0 spiro atoms. The van der Waals surface area contributed by atoms with Crippen molar-refractivity contribution in [2.24, 2.45) is 0 Å². The molecule has 0 radical (unpaired) electrons. The number of imidazole rings is 1. The molecule has 9 nitrogen and oxygen atoms in total. The van der Waals surface area contributed by atoms with Crippen LogP contribution < -0.4 is 10.8 Å². The van der Waals surface area contributed by atoms with Gasteiger partial charge in [0.25, 0.3) is 0 Å². The number of nitrogen functional groups attached to an aromatic ring is 1. The van der Waals surface area contributed by atoms with Gasteiger partial charge in [-0.05, 0) is 70.4 Å². The minimum absolute atomic E-state index is 0.220. The van der Waals surface area contributed by atoms with Gasteiger partial charge in [-0.15, -0.1) is 0 Å². The van der Waals surface area contributed by atoms with Crippen LogP contribution in [0.5, 0.6) is 0 Å². The second kappa shape index (κ2) is 10.2. The monoisotopic (exact) mass is 518 g/mol. The number of nitrogens with two attached hydrogens (primary N) is 1. The molecular formula is C29H36N5O4-. The molecule has 0 saturated carbocycles. The van der Waals surface area contributed by atoms with Crippen LogP contribution in [-0.2, 0) is 24.4 Å². The number of hydrogen-bond donors (Lipinski definition) is 2. The maximum absolute atomic E-state index is 11.7. The molecular weight excluding hydrogens is 482 g/mol. The summed E-state index contributed by atoms with van der Waals surface area (Å²) < 4.78 is 7.60. The van der Waals surface area contributed by atoms with E-state index in [9.17, 15) is 15.0 Å². The summed E-state index contributed by atoms with van der Waals surface area (Å²) in [5.74, 6) is 0.985. The van der Waals surface area contributed by atoms with Crippen molar-refractivity contribution in [3.05, 3.63) is 53.9 Å². The molecule has 3 N–H and O–H groups in total. The number of carboxylic acid groups (broad SMARTS) is 1. The number of pyridine rings is 1. The Hall–Kier alpha value is -3.69. The number of amides is 1. The summed E-state index contributed by atoms with van der Waals surface area (Å²) in [6.07, 6.45) is -1.20. The fraction of sp³-hybridized carbons (Fsp3) is 0.414. The molecule has 9 heteroatoms. The average Bonchev–Trinajstić information content (AvgIpc) is 3.17. The first kappa shape index (κ1) is 27.3. The third kappa shape index (κ3) is 5.74. The highest BCUT2D eigenvalue weighted by molar-refractivity contribution is 6.07. The Balaban J connectivity index is 1.81. The summed E-state index contributed by atoms with van der Waals surface area (Å²) in [7, 11) is 0. The van der Waals surface area contributed by atoms with E-state index in [0.717, 1.165) is 27.6 Å². The number of anilines is 1. The van der Waals surface area contributed by atoms with Crippen LogP contribution in [0.4, 0.5) is 10.6 Å². The summed E-state index contributed by atoms with van der Waals surface area (Å²) >= 11 is 0. The smallest absolute Gasteiger partial charge is 0.152 e. The van der Waals surface area contributed by atoms with Gasteiger partial charge in [-0.25, -0.2) is 9.97 Å². The van der Waals surface area contributed by atoms with E-state index >= 15 is 0 Å². The summed E-state index contributed by atoms with van der Waals surface area (Å²) in [6.45, 7) is 12.3. The van der Waals surface area contributed by atoms with Gasteiger partial charge < -0.3 is 34.9 Å². The van der Waals surface area contributed by atoms with Crippen LogP contribution in [0, 0.1) is 0 Å². The minimum atomic E-state index is -1.20. The standard InChI is InChI=1S/C29H37N5O4/c1-7-38-16-23-32-24-25(33(23)17-29(5,6)37)21-12-11-20(14-22(21)31-26(24)30)19-10-8-9-18(13-19)15-34(27(35)36)28(2,3)4/h8-14,37H,7,15-17H2,1-6H3,(H2,30,31)(H,35,36)/p-1. The van der Waals surface area contributed by atoms with Crippen LogP contribution in [0.25, 0.3) is 33.1 Å². The van der Waals surface area contributed by atoms with Crippen molar-refractivity contribution in [1.29, 1.82) is 0 Å². The van der Waals surface area contributed by atoms with Gasteiger partial charge >= 0.3 is 0 Å². The Morgan fingerprint density at radius 2 is 1.82 bits per heavy atom. The van der Waals surface area contributed by atoms with Crippen LogP contribution in [-0.4, -0.2) is 48.4 Å². The molecule has 2 heterocycles. The molecule has 0 aliphatic rings. The molecule has 0 aliphatic heterocycles. The third-order valence-corrected chi connectivity index (χ3v) is 6.39. The van der Waals surface area contributed by atoms with E-state index in [-0.39, 0.29) is 6.54 Å². The number of fused-ring (bicyclic) bond motifs is 3. The van der Waals surface area contributed by atoms with Crippen molar-refractivity contribution in [3.8, 4) is 11.1 Å². The quantitative estimate of drug-likeness (QED) is 0.359. The topological polar surface area (TPSA) is 130 Å². The number of aliphatic hydroxyl groups is 1. The Morgan fingerprint density at radius 3 is 2.45 bits per heavy atom. The van der Waals surface area contributed by atoms with E-state index < -0.39 is 17.2 Å². The highest BCUT2D eigenvalue weighted by atomic mass is 16.5. The van der Waals surface area contributed by atoms with E-state index in [1.165, 1.54) is 4.90 Å². The van der Waals surface area contributed by atoms with Gasteiger partial charge in [0.1, 0.15) is 24.0 Å². The van der Waals surface area contributed by atoms with Gasteiger partial charge in [-0.2, -0.15) is 0 Å². The predicted octanol–water partition coefficient (Wildman–Crippen LogP) is 4.08. The lowest BCUT2D eigenvalue weighted by Crippen LogP contribution is -2.50. The summed E-state index contributed by atoms with van der Waals surface area (Å²) in [5, 5.41) is 23.2. The second-order valence-electron chi connectivity index (χ2n) is 11.2. The van der Waals surface area contributed by atoms with E-state index in [0.29, 0.717) is 42.4 Å². The summed E-state index contributed by atoms with van der Waals surface area (Å²) in [5.41, 5.74) is 9.60. The number of ether oxygens (including phenoxy) is 1. The molecule has 4 aromatic rings. The van der Waals surface area contributed by atoms with Crippen molar-refractivity contribution < 1.29 is 19.7 Å². The number of benzene rings is 2. The molecule has 2 aromatic carbocycles. The molecule has 0 unspecified atom stereocenters. The van der Waals surface area contributed by atoms with E-state index in [1.54, 1.807) is 13.8 Å². The number of hydrogen-bond acceptors (Lipinski definition) is 7. The lowest BCUT2D eigenvalue weighted by molar-refractivity contribution is -0.271. The molecule has 0 atom stereocenters. The number of carbonyl (C=O) groups excluding carboxylic acids is 1. The van der Waals surface area contributed by atoms with Gasteiger partial charge in [-0.3, -0.25) is 0 Å². The first-order valence-corrected chi connectivity index (χ1v) is 12.7. The Morgan fingerprint density at radius 1 is 1.11 bits per heavy atom. The van der Waals surface area contributed by atoms with Crippen molar-refractivity contribution in [1.82, 2.24) is 19.4 Å². The number of aromatic nitrogens is 3. The molecule has 0 bridgehead atoms. The van der Waals surface area contributed by atoms with E-state index in [1.807, 2.05) is 74.7 Å². The molecule has 38 heavy (non-hydrogen) atoms. The normalized spacial score (nSPS) is 12.4. The number of rotatable bonds is 8. The zero-order chi connectivity index (χ0) is 27.8. The molecule has 0 saturated heterocycles. The molecule has 202 valence electrons. The second-order valence-corrected chi connectivity index (χ2v) is 11.2. The van der Waals surface area contributed by atoms with Crippen molar-refractivity contribution in [3.63, 3.8) is 0 Å². The minimum Gasteiger partial charge on any atom is -0.530 e.